The van der Waals surface area contributed by atoms with Gasteiger partial charge in [0.15, 0.2) is 0 Å². The first-order valence-corrected chi connectivity index (χ1v) is 11.4. The van der Waals surface area contributed by atoms with Crippen molar-refractivity contribution < 1.29 is 14.3 Å². The molecule has 0 bridgehead atoms. The van der Waals surface area contributed by atoms with E-state index in [4.69, 9.17) is 9.47 Å². The summed E-state index contributed by atoms with van der Waals surface area (Å²) in [7, 11) is 0. The van der Waals surface area contributed by atoms with Gasteiger partial charge >= 0.3 is 0 Å². The van der Waals surface area contributed by atoms with Crippen LogP contribution in [0.1, 0.15) is 44.9 Å². The first kappa shape index (κ1) is 21.5. The fraction of sp³-hybridized carbons (Fsp3) is 0.360. The van der Waals surface area contributed by atoms with E-state index in [1.54, 1.807) is 0 Å². The van der Waals surface area contributed by atoms with Crippen LogP contribution >= 0.6 is 11.3 Å². The summed E-state index contributed by atoms with van der Waals surface area (Å²) in [6.45, 7) is 9.31. The van der Waals surface area contributed by atoms with Gasteiger partial charge in [-0.15, -0.1) is 11.3 Å². The van der Waals surface area contributed by atoms with Crippen LogP contribution in [0.4, 0.5) is 5.69 Å². The van der Waals surface area contributed by atoms with Crippen LogP contribution in [0.15, 0.2) is 36.4 Å². The Balaban J connectivity index is 1.54. The van der Waals surface area contributed by atoms with E-state index in [9.17, 15) is 4.79 Å². The van der Waals surface area contributed by atoms with Gasteiger partial charge in [-0.1, -0.05) is 29.8 Å². The van der Waals surface area contributed by atoms with Gasteiger partial charge in [0.1, 0.15) is 22.2 Å². The number of amides is 1. The Kier molecular flexibility index (Phi) is 6.39. The van der Waals surface area contributed by atoms with E-state index in [2.05, 4.69) is 42.3 Å². The molecule has 5 nitrogen and oxygen atoms in total. The van der Waals surface area contributed by atoms with Crippen LogP contribution in [0.5, 0.6) is 5.75 Å². The molecule has 1 N–H and O–H groups in total. The topological polar surface area (TPSA) is 60.5 Å². The van der Waals surface area contributed by atoms with E-state index < -0.39 is 0 Å². The van der Waals surface area contributed by atoms with Crippen molar-refractivity contribution >= 4 is 22.9 Å². The van der Waals surface area contributed by atoms with Crippen molar-refractivity contribution in [1.82, 2.24) is 4.98 Å². The van der Waals surface area contributed by atoms with Gasteiger partial charge in [0.25, 0.3) is 5.91 Å². The molecule has 31 heavy (non-hydrogen) atoms. The number of rotatable bonds is 6. The normalized spacial score (nSPS) is 15.8. The summed E-state index contributed by atoms with van der Waals surface area (Å²) in [6, 6.07) is 12.1. The summed E-state index contributed by atoms with van der Waals surface area (Å²) >= 11 is 1.42. The fourth-order valence-corrected chi connectivity index (χ4v) is 4.82. The predicted octanol–water partition coefficient (Wildman–Crippen LogP) is 5.85. The second kappa shape index (κ2) is 9.20. The average molecular weight is 437 g/mol. The molecular formula is C25H28N2O3S. The van der Waals surface area contributed by atoms with Crippen LogP contribution in [0, 0.1) is 27.7 Å². The molecule has 1 aliphatic heterocycles. The van der Waals surface area contributed by atoms with Gasteiger partial charge in [0.05, 0.1) is 17.5 Å². The number of nitrogens with one attached hydrogen (secondary N) is 1. The van der Waals surface area contributed by atoms with Gasteiger partial charge in [0.2, 0.25) is 0 Å². The molecule has 1 atom stereocenters. The molecule has 2 aromatic carbocycles. The van der Waals surface area contributed by atoms with E-state index in [1.165, 1.54) is 16.9 Å². The van der Waals surface area contributed by atoms with Gasteiger partial charge in [-0.05, 0) is 63.8 Å². The lowest BCUT2D eigenvalue weighted by Gasteiger charge is -2.15. The van der Waals surface area contributed by atoms with E-state index >= 15 is 0 Å². The molecule has 6 heteroatoms. The minimum atomic E-state index is -0.170. The number of ether oxygens (including phenoxy) is 2. The third-order valence-electron chi connectivity index (χ3n) is 5.45. The smallest absolute Gasteiger partial charge is 0.267 e. The Bertz CT molecular complexity index is 1100. The molecule has 1 aliphatic rings. The molecule has 1 unspecified atom stereocenters. The lowest BCUT2D eigenvalue weighted by molar-refractivity contribution is 0.0681. The number of carbonyl (C=O) groups excluding carboxylic acids is 1. The molecule has 0 aliphatic carbocycles. The summed E-state index contributed by atoms with van der Waals surface area (Å²) in [5.74, 6) is 0.498. The molecule has 1 amide bonds. The van der Waals surface area contributed by atoms with Crippen molar-refractivity contribution in [3.05, 3.63) is 63.7 Å². The number of carbonyl (C=O) groups is 1. The maximum atomic E-state index is 13.1. The summed E-state index contributed by atoms with van der Waals surface area (Å²) in [5.41, 5.74) is 5.90. The molecule has 0 saturated carbocycles. The van der Waals surface area contributed by atoms with E-state index in [0.29, 0.717) is 22.9 Å². The van der Waals surface area contributed by atoms with Crippen molar-refractivity contribution in [1.29, 1.82) is 0 Å². The standard InChI is InChI=1S/C25H28N2O3S/c1-15-7-9-20(17(3)12-15)25-26-18(4)23(31-25)24(28)27-21-10-8-16(2)13-22(21)30-14-19-6-5-11-29-19/h7-10,12-13,19H,5-6,11,14H2,1-4H3,(H,27,28). The molecule has 1 fully saturated rings. The summed E-state index contributed by atoms with van der Waals surface area (Å²) < 4.78 is 11.7. The Morgan fingerprint density at radius 3 is 2.68 bits per heavy atom. The zero-order chi connectivity index (χ0) is 22.0. The lowest BCUT2D eigenvalue weighted by atomic mass is 10.1. The number of hydrogen-bond donors (Lipinski definition) is 1. The second-order valence-electron chi connectivity index (χ2n) is 8.15. The number of aromatic nitrogens is 1. The molecule has 3 aromatic rings. The molecule has 0 radical (unpaired) electrons. The summed E-state index contributed by atoms with van der Waals surface area (Å²) in [4.78, 5) is 18.4. The summed E-state index contributed by atoms with van der Waals surface area (Å²) in [6.07, 6.45) is 2.20. The van der Waals surface area contributed by atoms with Crippen molar-refractivity contribution in [3.63, 3.8) is 0 Å². The van der Waals surface area contributed by atoms with Crippen molar-refractivity contribution in [2.24, 2.45) is 0 Å². The van der Waals surface area contributed by atoms with Gasteiger partial charge in [-0.3, -0.25) is 4.79 Å². The average Bonchev–Trinajstić information content (AvgIpc) is 3.37. The van der Waals surface area contributed by atoms with Crippen molar-refractivity contribution in [3.8, 4) is 16.3 Å². The zero-order valence-corrected chi connectivity index (χ0v) is 19.3. The zero-order valence-electron chi connectivity index (χ0n) is 18.5. The van der Waals surface area contributed by atoms with Gasteiger partial charge in [0, 0.05) is 12.2 Å². The van der Waals surface area contributed by atoms with Gasteiger partial charge in [-0.25, -0.2) is 4.98 Å². The lowest BCUT2D eigenvalue weighted by Crippen LogP contribution is -2.18. The van der Waals surface area contributed by atoms with Crippen LogP contribution in [-0.4, -0.2) is 30.2 Å². The fourth-order valence-electron chi connectivity index (χ4n) is 3.77. The number of anilines is 1. The van der Waals surface area contributed by atoms with Crippen LogP contribution in [0.25, 0.3) is 10.6 Å². The largest absolute Gasteiger partial charge is 0.489 e. The molecule has 162 valence electrons. The van der Waals surface area contributed by atoms with E-state index in [-0.39, 0.29) is 12.0 Å². The Morgan fingerprint density at radius 2 is 1.94 bits per heavy atom. The predicted molar refractivity (Wildman–Crippen MR) is 125 cm³/mol. The third kappa shape index (κ3) is 4.97. The summed E-state index contributed by atoms with van der Waals surface area (Å²) in [5, 5.41) is 3.88. The Morgan fingerprint density at radius 1 is 1.16 bits per heavy atom. The van der Waals surface area contributed by atoms with Crippen LogP contribution < -0.4 is 10.1 Å². The highest BCUT2D eigenvalue weighted by Gasteiger charge is 2.20. The van der Waals surface area contributed by atoms with Crippen LogP contribution in [-0.2, 0) is 4.74 Å². The van der Waals surface area contributed by atoms with E-state index in [0.717, 1.165) is 46.8 Å². The maximum Gasteiger partial charge on any atom is 0.267 e. The van der Waals surface area contributed by atoms with Crippen molar-refractivity contribution in [2.75, 3.05) is 18.5 Å². The monoisotopic (exact) mass is 436 g/mol. The minimum absolute atomic E-state index is 0.119. The number of nitrogens with zero attached hydrogens (tertiary/aromatic N) is 1. The molecule has 1 aromatic heterocycles. The highest BCUT2D eigenvalue weighted by Crippen LogP contribution is 2.32. The Hall–Kier alpha value is -2.70. The highest BCUT2D eigenvalue weighted by atomic mass is 32.1. The SMILES string of the molecule is Cc1ccc(-c2nc(C)c(C(=O)Nc3ccc(C)cc3OCC3CCCO3)s2)c(C)c1. The van der Waals surface area contributed by atoms with Crippen molar-refractivity contribution in [2.45, 2.75) is 46.6 Å². The highest BCUT2D eigenvalue weighted by molar-refractivity contribution is 7.17. The first-order valence-electron chi connectivity index (χ1n) is 10.6. The van der Waals surface area contributed by atoms with Gasteiger partial charge < -0.3 is 14.8 Å². The number of thiazole rings is 1. The number of aryl methyl sites for hydroxylation is 4. The van der Waals surface area contributed by atoms with Crippen LogP contribution in [0.3, 0.4) is 0 Å². The molecular weight excluding hydrogens is 408 g/mol. The quantitative estimate of drug-likeness (QED) is 0.526. The molecule has 4 rings (SSSR count). The van der Waals surface area contributed by atoms with E-state index in [1.807, 2.05) is 32.0 Å². The first-order chi connectivity index (χ1) is 14.9. The van der Waals surface area contributed by atoms with Crippen LogP contribution in [0.2, 0.25) is 0 Å². The molecule has 1 saturated heterocycles. The third-order valence-corrected chi connectivity index (χ3v) is 6.64. The number of hydrogen-bond acceptors (Lipinski definition) is 5. The van der Waals surface area contributed by atoms with Gasteiger partial charge in [-0.2, -0.15) is 0 Å². The minimum Gasteiger partial charge on any atom is -0.489 e. The maximum absolute atomic E-state index is 13.1. The Labute approximate surface area is 187 Å². The number of benzene rings is 2. The molecule has 0 spiro atoms. The second-order valence-corrected chi connectivity index (χ2v) is 9.15. The molecule has 2 heterocycles.